The zero-order valence-corrected chi connectivity index (χ0v) is 22.6. The minimum absolute atomic E-state index is 0.231. The van der Waals surface area contributed by atoms with Crippen LogP contribution in [0.2, 0.25) is 0 Å². The van der Waals surface area contributed by atoms with Gasteiger partial charge in [-0.15, -0.1) is 0 Å². The fourth-order valence-electron chi connectivity index (χ4n) is 6.47. The maximum atomic E-state index is 13.0. The quantitative estimate of drug-likeness (QED) is 0.496. The van der Waals surface area contributed by atoms with Gasteiger partial charge in [-0.05, 0) is 56.6 Å². The first-order valence-corrected chi connectivity index (χ1v) is 14.3. The Bertz CT molecular complexity index is 1210. The molecule has 3 heterocycles. The molecule has 2 aromatic heterocycles. The summed E-state index contributed by atoms with van der Waals surface area (Å²) in [6.45, 7) is 1.58. The van der Waals surface area contributed by atoms with E-state index >= 15 is 0 Å². The molecule has 0 spiro atoms. The number of aromatic nitrogens is 3. The maximum absolute atomic E-state index is 13.0. The lowest BCUT2D eigenvalue weighted by atomic mass is 9.87. The van der Waals surface area contributed by atoms with E-state index in [9.17, 15) is 20.0 Å². The van der Waals surface area contributed by atoms with Gasteiger partial charge < -0.3 is 19.3 Å². The Morgan fingerprint density at radius 1 is 1.08 bits per heavy atom. The number of rotatable bonds is 8. The number of aryl methyl sites for hydroxylation is 1. The van der Waals surface area contributed by atoms with Gasteiger partial charge in [-0.1, -0.05) is 38.5 Å². The van der Waals surface area contributed by atoms with Crippen molar-refractivity contribution in [2.75, 3.05) is 6.61 Å². The van der Waals surface area contributed by atoms with Crippen LogP contribution in [0.25, 0.3) is 5.52 Å². The van der Waals surface area contributed by atoms with Gasteiger partial charge in [0, 0.05) is 12.8 Å². The SMILES string of the molecule is Cc1ncnn2c([C@]3(C#N)O[C@H](COC(=O)CC4CCCCC4)[C@@H](OC(=O)CC4CCCCC4)[C@H]3O)ccc12. The van der Waals surface area contributed by atoms with Crippen molar-refractivity contribution < 1.29 is 28.9 Å². The van der Waals surface area contributed by atoms with Gasteiger partial charge in [0.2, 0.25) is 5.60 Å². The Labute approximate surface area is 228 Å². The van der Waals surface area contributed by atoms with Gasteiger partial charge in [0.05, 0.1) is 16.9 Å². The third-order valence-corrected chi connectivity index (χ3v) is 8.66. The van der Waals surface area contributed by atoms with Crippen LogP contribution in [0.1, 0.15) is 88.4 Å². The summed E-state index contributed by atoms with van der Waals surface area (Å²) in [4.78, 5) is 29.9. The molecule has 4 atom stereocenters. The third-order valence-electron chi connectivity index (χ3n) is 8.66. The summed E-state index contributed by atoms with van der Waals surface area (Å²) in [6, 6.07) is 5.53. The van der Waals surface area contributed by atoms with E-state index in [-0.39, 0.29) is 24.9 Å². The number of ether oxygens (including phenoxy) is 3. The number of esters is 2. The lowest BCUT2D eigenvalue weighted by molar-refractivity contribution is -0.161. The summed E-state index contributed by atoms with van der Waals surface area (Å²) in [5.74, 6) is -0.246. The normalized spacial score (nSPS) is 28.3. The summed E-state index contributed by atoms with van der Waals surface area (Å²) in [7, 11) is 0. The molecule has 0 unspecified atom stereocenters. The number of hydrogen-bond donors (Lipinski definition) is 1. The number of carbonyl (C=O) groups is 2. The van der Waals surface area contributed by atoms with Crippen LogP contribution in [0.15, 0.2) is 18.5 Å². The fraction of sp³-hybridized carbons (Fsp3) is 0.690. The number of nitriles is 1. The molecule has 2 aromatic rings. The first-order chi connectivity index (χ1) is 18.9. The minimum Gasteiger partial charge on any atom is -0.463 e. The van der Waals surface area contributed by atoms with E-state index < -0.39 is 29.9 Å². The van der Waals surface area contributed by atoms with Crippen LogP contribution in [0.3, 0.4) is 0 Å². The van der Waals surface area contributed by atoms with E-state index in [0.717, 1.165) is 51.4 Å². The van der Waals surface area contributed by atoms with Crippen molar-refractivity contribution in [2.24, 2.45) is 11.8 Å². The number of aliphatic hydroxyl groups excluding tert-OH is 1. The van der Waals surface area contributed by atoms with Crippen LogP contribution in [0, 0.1) is 30.1 Å². The Morgan fingerprint density at radius 3 is 2.36 bits per heavy atom. The van der Waals surface area contributed by atoms with Crippen molar-refractivity contribution in [3.63, 3.8) is 0 Å². The van der Waals surface area contributed by atoms with Gasteiger partial charge in [0.1, 0.15) is 31.2 Å². The topological polar surface area (TPSA) is 136 Å². The van der Waals surface area contributed by atoms with Gasteiger partial charge in [0.25, 0.3) is 0 Å². The molecule has 2 aliphatic carbocycles. The Morgan fingerprint density at radius 2 is 1.72 bits per heavy atom. The second-order valence-corrected chi connectivity index (χ2v) is 11.4. The molecule has 1 saturated heterocycles. The van der Waals surface area contributed by atoms with Crippen molar-refractivity contribution in [2.45, 2.75) is 108 Å². The predicted octanol–water partition coefficient (Wildman–Crippen LogP) is 3.91. The third kappa shape index (κ3) is 5.80. The lowest BCUT2D eigenvalue weighted by Crippen LogP contribution is -2.43. The number of carbonyl (C=O) groups excluding carboxylic acids is 2. The van der Waals surface area contributed by atoms with Crippen LogP contribution in [-0.2, 0) is 29.4 Å². The summed E-state index contributed by atoms with van der Waals surface area (Å²) in [5, 5.41) is 26.2. The standard InChI is InChI=1S/C29H38N4O6/c1-19-22-12-13-24(33(22)32-18-31-19)29(17-30)28(36)27(38-26(35)15-21-10-6-3-7-11-21)23(39-29)16-37-25(34)14-20-8-4-2-5-9-20/h12-13,18,20-21,23,27-28,36H,2-11,14-16H2,1H3/t23-,27-,28-,29+/m1/s1. The van der Waals surface area contributed by atoms with E-state index in [1.165, 1.54) is 23.7 Å². The molecular formula is C29H38N4O6. The molecule has 10 nitrogen and oxygen atoms in total. The highest BCUT2D eigenvalue weighted by molar-refractivity contribution is 5.70. The van der Waals surface area contributed by atoms with Gasteiger partial charge >= 0.3 is 11.9 Å². The van der Waals surface area contributed by atoms with Crippen molar-refractivity contribution in [3.05, 3.63) is 29.8 Å². The molecular weight excluding hydrogens is 500 g/mol. The van der Waals surface area contributed by atoms with Crippen molar-refractivity contribution in [1.29, 1.82) is 5.26 Å². The van der Waals surface area contributed by atoms with E-state index in [0.29, 0.717) is 29.2 Å². The van der Waals surface area contributed by atoms with E-state index in [1.54, 1.807) is 12.1 Å². The van der Waals surface area contributed by atoms with Gasteiger partial charge in [-0.2, -0.15) is 10.4 Å². The first-order valence-electron chi connectivity index (χ1n) is 14.3. The number of aliphatic hydroxyl groups is 1. The lowest BCUT2D eigenvalue weighted by Gasteiger charge is -2.25. The average Bonchev–Trinajstić information content (AvgIpc) is 3.49. The Hall–Kier alpha value is -3.03. The molecule has 1 aliphatic heterocycles. The monoisotopic (exact) mass is 538 g/mol. The zero-order valence-electron chi connectivity index (χ0n) is 22.6. The molecule has 1 N–H and O–H groups in total. The number of hydrogen-bond acceptors (Lipinski definition) is 9. The van der Waals surface area contributed by atoms with Crippen LogP contribution >= 0.6 is 0 Å². The van der Waals surface area contributed by atoms with Crippen LogP contribution in [0.5, 0.6) is 0 Å². The summed E-state index contributed by atoms with van der Waals surface area (Å²) < 4.78 is 19.1. The number of fused-ring (bicyclic) bond motifs is 1. The minimum atomic E-state index is -1.89. The maximum Gasteiger partial charge on any atom is 0.306 e. The molecule has 10 heteroatoms. The summed E-state index contributed by atoms with van der Waals surface area (Å²) in [6.07, 6.45) is 8.97. The predicted molar refractivity (Wildman–Crippen MR) is 139 cm³/mol. The Kier molecular flexibility index (Phi) is 8.48. The molecule has 3 fully saturated rings. The first kappa shape index (κ1) is 27.5. The molecule has 3 aliphatic rings. The number of nitrogens with zero attached hydrogens (tertiary/aromatic N) is 4. The summed E-state index contributed by atoms with van der Waals surface area (Å²) in [5.41, 5.74) is -0.238. The zero-order chi connectivity index (χ0) is 27.4. The average molecular weight is 539 g/mol. The van der Waals surface area contributed by atoms with Crippen LogP contribution in [0.4, 0.5) is 0 Å². The van der Waals surface area contributed by atoms with Crippen molar-refractivity contribution >= 4 is 17.5 Å². The van der Waals surface area contributed by atoms with Crippen LogP contribution < -0.4 is 0 Å². The van der Waals surface area contributed by atoms with Gasteiger partial charge in [-0.3, -0.25) is 9.59 Å². The van der Waals surface area contributed by atoms with Crippen LogP contribution in [-0.4, -0.2) is 56.6 Å². The second-order valence-electron chi connectivity index (χ2n) is 11.4. The molecule has 5 rings (SSSR count). The highest BCUT2D eigenvalue weighted by Gasteiger charge is 2.60. The fourth-order valence-corrected chi connectivity index (χ4v) is 6.47. The molecule has 210 valence electrons. The largest absolute Gasteiger partial charge is 0.463 e. The second kappa shape index (κ2) is 12.0. The summed E-state index contributed by atoms with van der Waals surface area (Å²) >= 11 is 0. The van der Waals surface area contributed by atoms with Crippen molar-refractivity contribution in [3.8, 4) is 6.07 Å². The molecule has 2 saturated carbocycles. The molecule has 0 radical (unpaired) electrons. The van der Waals surface area contributed by atoms with E-state index in [4.69, 9.17) is 14.2 Å². The van der Waals surface area contributed by atoms with E-state index in [2.05, 4.69) is 16.2 Å². The highest BCUT2D eigenvalue weighted by Crippen LogP contribution is 2.42. The highest BCUT2D eigenvalue weighted by atomic mass is 16.6. The van der Waals surface area contributed by atoms with Gasteiger partial charge in [0.15, 0.2) is 6.10 Å². The smallest absolute Gasteiger partial charge is 0.306 e. The van der Waals surface area contributed by atoms with Crippen molar-refractivity contribution in [1.82, 2.24) is 14.6 Å². The molecule has 39 heavy (non-hydrogen) atoms. The van der Waals surface area contributed by atoms with Gasteiger partial charge in [-0.25, -0.2) is 9.50 Å². The molecule has 0 amide bonds. The Balaban J connectivity index is 1.36. The molecule has 0 bridgehead atoms. The molecule has 0 aromatic carbocycles. The van der Waals surface area contributed by atoms with E-state index in [1.807, 2.05) is 6.92 Å².